The van der Waals surface area contributed by atoms with Crippen LogP contribution in [0.25, 0.3) is 5.65 Å². The van der Waals surface area contributed by atoms with Crippen LogP contribution in [0.2, 0.25) is 0 Å². The highest BCUT2D eigenvalue weighted by Crippen LogP contribution is 2.30. The Morgan fingerprint density at radius 3 is 2.17 bits per heavy atom. The van der Waals surface area contributed by atoms with Gasteiger partial charge in [-0.2, -0.15) is 0 Å². The topological polar surface area (TPSA) is 49.6 Å². The summed E-state index contributed by atoms with van der Waals surface area (Å²) in [5.74, 6) is 1.48. The molecule has 0 spiro atoms. The minimum absolute atomic E-state index is 0.322. The van der Waals surface area contributed by atoms with Gasteiger partial charge in [0.15, 0.2) is 5.65 Å². The molecular weight excluding hydrogens is 452 g/mol. The van der Waals surface area contributed by atoms with E-state index in [1.165, 1.54) is 16.7 Å². The molecule has 0 N–H and O–H groups in total. The Bertz CT molecular complexity index is 1160. The van der Waals surface area contributed by atoms with Crippen molar-refractivity contribution in [1.82, 2.24) is 29.6 Å². The van der Waals surface area contributed by atoms with Crippen molar-refractivity contribution in [1.29, 1.82) is 0 Å². The van der Waals surface area contributed by atoms with Gasteiger partial charge in [-0.3, -0.25) is 4.90 Å². The molecule has 0 saturated carbocycles. The maximum atomic E-state index is 4.71. The Morgan fingerprint density at radius 2 is 1.54 bits per heavy atom. The number of aromatic nitrogens is 4. The van der Waals surface area contributed by atoms with Crippen LogP contribution in [0.4, 0.5) is 0 Å². The monoisotopic (exact) mass is 486 g/mol. The van der Waals surface area contributed by atoms with Gasteiger partial charge in [-0.05, 0) is 41.6 Å². The van der Waals surface area contributed by atoms with Crippen LogP contribution >= 0.6 is 11.8 Å². The molecule has 5 rings (SSSR count). The molecule has 0 radical (unpaired) electrons. The summed E-state index contributed by atoms with van der Waals surface area (Å²) < 4.78 is 1.64. The second kappa shape index (κ2) is 11.3. The first-order valence-electron chi connectivity index (χ1n) is 12.6. The van der Waals surface area contributed by atoms with Crippen molar-refractivity contribution in [3.63, 3.8) is 0 Å². The van der Waals surface area contributed by atoms with E-state index in [0.29, 0.717) is 12.0 Å². The summed E-state index contributed by atoms with van der Waals surface area (Å²) in [5, 5.41) is 10.0. The number of nitrogens with zero attached hydrogens (tertiary/aromatic N) is 6. The van der Waals surface area contributed by atoms with E-state index in [9.17, 15) is 0 Å². The Balaban J connectivity index is 1.15. The fraction of sp³-hybridized carbons (Fsp3) is 0.393. The first-order valence-corrected chi connectivity index (χ1v) is 13.6. The lowest BCUT2D eigenvalue weighted by atomic mass is 9.96. The maximum absolute atomic E-state index is 4.71. The Hall–Kier alpha value is -2.74. The molecule has 2 aromatic heterocycles. The Labute approximate surface area is 212 Å². The van der Waals surface area contributed by atoms with Crippen molar-refractivity contribution < 1.29 is 0 Å². The summed E-state index contributed by atoms with van der Waals surface area (Å²) in [5.41, 5.74) is 4.83. The highest BCUT2D eigenvalue weighted by atomic mass is 32.2. The number of hydrogen-bond acceptors (Lipinski definition) is 6. The number of fused-ring (bicyclic) bond motifs is 1. The molecule has 0 atom stereocenters. The average molecular weight is 487 g/mol. The predicted octanol–water partition coefficient (Wildman–Crippen LogP) is 5.14. The molecule has 3 heterocycles. The van der Waals surface area contributed by atoms with Gasteiger partial charge in [0.2, 0.25) is 0 Å². The molecule has 0 amide bonds. The largest absolute Gasteiger partial charge is 0.301 e. The number of hydrogen-bond donors (Lipinski definition) is 0. The number of rotatable bonds is 9. The summed E-state index contributed by atoms with van der Waals surface area (Å²) in [4.78, 5) is 9.54. The zero-order valence-electron chi connectivity index (χ0n) is 20.6. The molecule has 2 aromatic carbocycles. The molecule has 0 bridgehead atoms. The molecule has 1 fully saturated rings. The van der Waals surface area contributed by atoms with Crippen LogP contribution in [0.5, 0.6) is 0 Å². The Morgan fingerprint density at radius 1 is 0.886 bits per heavy atom. The van der Waals surface area contributed by atoms with Crippen molar-refractivity contribution in [2.45, 2.75) is 37.3 Å². The first-order chi connectivity index (χ1) is 17.2. The third-order valence-electron chi connectivity index (χ3n) is 6.76. The summed E-state index contributed by atoms with van der Waals surface area (Å²) in [6, 6.07) is 24.3. The molecule has 182 valence electrons. The Kier molecular flexibility index (Phi) is 7.76. The minimum atomic E-state index is 0.322. The molecule has 1 aliphatic rings. The van der Waals surface area contributed by atoms with E-state index < -0.39 is 0 Å². The van der Waals surface area contributed by atoms with Crippen LogP contribution < -0.4 is 0 Å². The van der Waals surface area contributed by atoms with E-state index in [-0.39, 0.29) is 0 Å². The van der Waals surface area contributed by atoms with Crippen molar-refractivity contribution >= 4 is 17.4 Å². The number of benzene rings is 2. The zero-order valence-corrected chi connectivity index (χ0v) is 21.4. The average Bonchev–Trinajstić information content (AvgIpc) is 3.36. The molecular formula is C28H34N6S. The van der Waals surface area contributed by atoms with E-state index in [1.54, 1.807) is 11.0 Å². The van der Waals surface area contributed by atoms with Crippen LogP contribution in [0.3, 0.4) is 0 Å². The molecule has 0 aliphatic carbocycles. The second-order valence-corrected chi connectivity index (χ2v) is 10.6. The second-order valence-electron chi connectivity index (χ2n) is 9.47. The highest BCUT2D eigenvalue weighted by Gasteiger charge is 2.26. The van der Waals surface area contributed by atoms with Gasteiger partial charge in [0, 0.05) is 31.9 Å². The van der Waals surface area contributed by atoms with E-state index in [1.807, 2.05) is 11.8 Å². The van der Waals surface area contributed by atoms with E-state index in [0.717, 1.165) is 55.6 Å². The standard InChI is InChI=1S/C28H34N6S/c1-22(2)25-20-26-29-21-30-34(26)31-28(25)35-19-9-14-32-15-17-33(18-16-32)27(23-10-5-3-6-11-23)24-12-7-4-8-13-24/h3-8,10-13,20-22,27H,9,14-19H2,1-2H3. The third-order valence-corrected chi connectivity index (χ3v) is 7.84. The predicted molar refractivity (Wildman–Crippen MR) is 143 cm³/mol. The van der Waals surface area contributed by atoms with Crippen molar-refractivity contribution in [2.75, 3.05) is 38.5 Å². The first kappa shape index (κ1) is 24.0. The molecule has 1 aliphatic heterocycles. The lowest BCUT2D eigenvalue weighted by Gasteiger charge is -2.39. The fourth-order valence-corrected chi connectivity index (χ4v) is 5.94. The third kappa shape index (κ3) is 5.74. The van der Waals surface area contributed by atoms with Crippen LogP contribution in [-0.4, -0.2) is 68.1 Å². The summed E-state index contributed by atoms with van der Waals surface area (Å²) in [7, 11) is 0. The summed E-state index contributed by atoms with van der Waals surface area (Å²) in [6.45, 7) is 9.96. The highest BCUT2D eigenvalue weighted by molar-refractivity contribution is 7.99. The summed E-state index contributed by atoms with van der Waals surface area (Å²) in [6.07, 6.45) is 2.72. The van der Waals surface area contributed by atoms with Crippen LogP contribution in [-0.2, 0) is 0 Å². The maximum Gasteiger partial charge on any atom is 0.176 e. The lowest BCUT2D eigenvalue weighted by Crippen LogP contribution is -2.48. The van der Waals surface area contributed by atoms with Gasteiger partial charge >= 0.3 is 0 Å². The van der Waals surface area contributed by atoms with Crippen LogP contribution in [0, 0.1) is 0 Å². The molecule has 4 aromatic rings. The zero-order chi connectivity index (χ0) is 24.0. The van der Waals surface area contributed by atoms with Gasteiger partial charge < -0.3 is 4.90 Å². The molecule has 6 nitrogen and oxygen atoms in total. The molecule has 35 heavy (non-hydrogen) atoms. The van der Waals surface area contributed by atoms with Gasteiger partial charge in [0.1, 0.15) is 11.4 Å². The van der Waals surface area contributed by atoms with Crippen molar-refractivity contribution in [3.8, 4) is 0 Å². The van der Waals surface area contributed by atoms with E-state index in [4.69, 9.17) is 5.10 Å². The smallest absolute Gasteiger partial charge is 0.176 e. The number of thioether (sulfide) groups is 1. The molecule has 7 heteroatoms. The van der Waals surface area contributed by atoms with Gasteiger partial charge in [-0.15, -0.1) is 26.6 Å². The quantitative estimate of drug-likeness (QED) is 0.241. The van der Waals surface area contributed by atoms with E-state index >= 15 is 0 Å². The fourth-order valence-electron chi connectivity index (χ4n) is 4.87. The van der Waals surface area contributed by atoms with Crippen LogP contribution in [0.1, 0.15) is 48.9 Å². The number of piperazine rings is 1. The van der Waals surface area contributed by atoms with Crippen molar-refractivity contribution in [2.24, 2.45) is 0 Å². The molecule has 1 saturated heterocycles. The van der Waals surface area contributed by atoms with Crippen molar-refractivity contribution in [3.05, 3.63) is 89.7 Å². The summed E-state index contributed by atoms with van der Waals surface area (Å²) >= 11 is 1.85. The van der Waals surface area contributed by atoms with Gasteiger partial charge in [0.05, 0.1) is 6.04 Å². The van der Waals surface area contributed by atoms with Gasteiger partial charge in [0.25, 0.3) is 0 Å². The van der Waals surface area contributed by atoms with Gasteiger partial charge in [-0.1, -0.05) is 74.5 Å². The molecule has 0 unspecified atom stereocenters. The normalized spacial score (nSPS) is 15.4. The van der Waals surface area contributed by atoms with E-state index in [2.05, 4.69) is 100 Å². The minimum Gasteiger partial charge on any atom is -0.301 e. The SMILES string of the molecule is CC(C)c1cc2ncnn2nc1SCCCN1CCN(C(c2ccccc2)c2ccccc2)CC1. The van der Waals surface area contributed by atoms with Gasteiger partial charge in [-0.25, -0.2) is 4.98 Å². The van der Waals surface area contributed by atoms with Crippen LogP contribution in [0.15, 0.2) is 78.1 Å². The lowest BCUT2D eigenvalue weighted by molar-refractivity contribution is 0.110.